The number of rotatable bonds is 5. The Labute approximate surface area is 83.3 Å². The normalized spacial score (nSPS) is 21.9. The summed E-state index contributed by atoms with van der Waals surface area (Å²) < 4.78 is 10.3. The molecule has 3 heteroatoms. The summed E-state index contributed by atoms with van der Waals surface area (Å²) in [5.74, 6) is 0. The molecule has 0 radical (unpaired) electrons. The molecule has 0 saturated carbocycles. The van der Waals surface area contributed by atoms with E-state index in [0.717, 1.165) is 5.56 Å². The van der Waals surface area contributed by atoms with Crippen molar-refractivity contribution in [2.75, 3.05) is 13.2 Å². The number of hydrogen-bond donors (Lipinski definition) is 1. The number of epoxide rings is 1. The summed E-state index contributed by atoms with van der Waals surface area (Å²) in [5, 5.41) is 9.42. The first kappa shape index (κ1) is 9.65. The van der Waals surface area contributed by atoms with Gasteiger partial charge in [-0.3, -0.25) is 0 Å². The highest BCUT2D eigenvalue weighted by molar-refractivity contribution is 5.13. The molecule has 1 aromatic carbocycles. The molecule has 0 aliphatic carbocycles. The van der Waals surface area contributed by atoms with E-state index in [9.17, 15) is 5.11 Å². The first-order chi connectivity index (χ1) is 6.86. The Hall–Kier alpha value is -0.900. The Morgan fingerprint density at radius 3 is 2.79 bits per heavy atom. The van der Waals surface area contributed by atoms with Crippen molar-refractivity contribution in [1.29, 1.82) is 0 Å². The predicted octanol–water partition coefficient (Wildman–Crippen LogP) is 0.963. The fraction of sp³-hybridized carbons (Fsp3) is 0.455. The Bertz CT molecular complexity index is 269. The van der Waals surface area contributed by atoms with Crippen molar-refractivity contribution < 1.29 is 14.6 Å². The maximum atomic E-state index is 9.42. The van der Waals surface area contributed by atoms with Gasteiger partial charge in [-0.1, -0.05) is 30.3 Å². The fourth-order valence-electron chi connectivity index (χ4n) is 1.26. The molecule has 0 unspecified atom stereocenters. The van der Waals surface area contributed by atoms with E-state index in [1.807, 2.05) is 30.3 Å². The average Bonchev–Trinajstić information content (AvgIpc) is 3.02. The lowest BCUT2D eigenvalue weighted by Gasteiger charge is -2.08. The number of aliphatic hydroxyl groups is 1. The van der Waals surface area contributed by atoms with Crippen molar-refractivity contribution in [2.45, 2.75) is 18.8 Å². The molecule has 1 aliphatic rings. The highest BCUT2D eigenvalue weighted by Crippen LogP contribution is 2.14. The van der Waals surface area contributed by atoms with Crippen molar-refractivity contribution in [2.24, 2.45) is 0 Å². The van der Waals surface area contributed by atoms with Crippen molar-refractivity contribution in [3.63, 3.8) is 0 Å². The maximum Gasteiger partial charge on any atom is 0.109 e. The predicted molar refractivity (Wildman–Crippen MR) is 51.8 cm³/mol. The molecule has 2 atom stereocenters. The van der Waals surface area contributed by atoms with Gasteiger partial charge in [0.05, 0.1) is 19.8 Å². The number of hydrogen-bond acceptors (Lipinski definition) is 3. The van der Waals surface area contributed by atoms with E-state index in [-0.39, 0.29) is 6.10 Å². The van der Waals surface area contributed by atoms with Gasteiger partial charge in [-0.2, -0.15) is 0 Å². The van der Waals surface area contributed by atoms with Crippen LogP contribution in [0.4, 0.5) is 0 Å². The molecule has 2 rings (SSSR count). The smallest absolute Gasteiger partial charge is 0.109 e. The van der Waals surface area contributed by atoms with Gasteiger partial charge in [0.2, 0.25) is 0 Å². The van der Waals surface area contributed by atoms with E-state index in [2.05, 4.69) is 0 Å². The molecular formula is C11H14O3. The van der Waals surface area contributed by atoms with E-state index >= 15 is 0 Å². The SMILES string of the molecule is O[C@H](COCc1ccccc1)[C@H]1CO1. The van der Waals surface area contributed by atoms with Crippen LogP contribution in [0.1, 0.15) is 5.56 Å². The van der Waals surface area contributed by atoms with E-state index < -0.39 is 6.10 Å². The van der Waals surface area contributed by atoms with Gasteiger partial charge in [0.15, 0.2) is 0 Å². The van der Waals surface area contributed by atoms with Crippen LogP contribution in [0, 0.1) is 0 Å². The van der Waals surface area contributed by atoms with Gasteiger partial charge in [0.1, 0.15) is 12.2 Å². The Morgan fingerprint density at radius 2 is 2.14 bits per heavy atom. The summed E-state index contributed by atoms with van der Waals surface area (Å²) in [6.45, 7) is 1.56. The summed E-state index contributed by atoms with van der Waals surface area (Å²) in [6.07, 6.45) is -0.468. The summed E-state index contributed by atoms with van der Waals surface area (Å²) in [4.78, 5) is 0. The third-order valence-corrected chi connectivity index (χ3v) is 2.19. The van der Waals surface area contributed by atoms with E-state index in [1.54, 1.807) is 0 Å². The molecule has 76 valence electrons. The zero-order valence-corrected chi connectivity index (χ0v) is 7.93. The molecule has 0 aromatic heterocycles. The zero-order chi connectivity index (χ0) is 9.80. The van der Waals surface area contributed by atoms with E-state index in [1.165, 1.54) is 0 Å². The van der Waals surface area contributed by atoms with Crippen LogP contribution in [0.3, 0.4) is 0 Å². The summed E-state index contributed by atoms with van der Waals surface area (Å²) in [5.41, 5.74) is 1.12. The summed E-state index contributed by atoms with van der Waals surface area (Å²) in [7, 11) is 0. The molecule has 1 fully saturated rings. The van der Waals surface area contributed by atoms with Crippen molar-refractivity contribution in [3.05, 3.63) is 35.9 Å². The van der Waals surface area contributed by atoms with Crippen LogP contribution < -0.4 is 0 Å². The first-order valence-electron chi connectivity index (χ1n) is 4.77. The largest absolute Gasteiger partial charge is 0.388 e. The average molecular weight is 194 g/mol. The van der Waals surface area contributed by atoms with Gasteiger partial charge in [0.25, 0.3) is 0 Å². The Kier molecular flexibility index (Phi) is 3.14. The maximum absolute atomic E-state index is 9.42. The van der Waals surface area contributed by atoms with Gasteiger partial charge >= 0.3 is 0 Å². The molecule has 1 N–H and O–H groups in total. The Balaban J connectivity index is 1.67. The van der Waals surface area contributed by atoms with Crippen molar-refractivity contribution >= 4 is 0 Å². The minimum Gasteiger partial charge on any atom is -0.388 e. The summed E-state index contributed by atoms with van der Waals surface area (Å²) in [6, 6.07) is 9.91. The molecule has 14 heavy (non-hydrogen) atoms. The molecule has 1 saturated heterocycles. The monoisotopic (exact) mass is 194 g/mol. The van der Waals surface area contributed by atoms with Crippen LogP contribution in [0.15, 0.2) is 30.3 Å². The number of ether oxygens (including phenoxy) is 2. The van der Waals surface area contributed by atoms with Gasteiger partial charge in [0, 0.05) is 0 Å². The minimum atomic E-state index is -0.473. The molecule has 1 aromatic rings. The van der Waals surface area contributed by atoms with Crippen LogP contribution >= 0.6 is 0 Å². The quantitative estimate of drug-likeness (QED) is 0.710. The van der Waals surface area contributed by atoms with Crippen LogP contribution in [-0.4, -0.2) is 30.5 Å². The number of benzene rings is 1. The fourth-order valence-corrected chi connectivity index (χ4v) is 1.26. The molecule has 0 bridgehead atoms. The van der Waals surface area contributed by atoms with E-state index in [4.69, 9.17) is 9.47 Å². The van der Waals surface area contributed by atoms with Crippen molar-refractivity contribution in [3.8, 4) is 0 Å². The third-order valence-electron chi connectivity index (χ3n) is 2.19. The van der Waals surface area contributed by atoms with Crippen LogP contribution in [-0.2, 0) is 16.1 Å². The second-order valence-corrected chi connectivity index (χ2v) is 3.44. The van der Waals surface area contributed by atoms with Gasteiger partial charge in [-0.05, 0) is 5.56 Å². The highest BCUT2D eigenvalue weighted by atomic mass is 16.6. The topological polar surface area (TPSA) is 42.0 Å². The van der Waals surface area contributed by atoms with Gasteiger partial charge in [-0.15, -0.1) is 0 Å². The molecular weight excluding hydrogens is 180 g/mol. The van der Waals surface area contributed by atoms with Crippen LogP contribution in [0.2, 0.25) is 0 Å². The number of aliphatic hydroxyl groups excluding tert-OH is 1. The first-order valence-corrected chi connectivity index (χ1v) is 4.77. The standard InChI is InChI=1S/C11H14O3/c12-10(11-8-14-11)7-13-6-9-4-2-1-3-5-9/h1-5,10-12H,6-8H2/t10-,11-/m1/s1. The lowest BCUT2D eigenvalue weighted by molar-refractivity contribution is 0.0148. The second-order valence-electron chi connectivity index (χ2n) is 3.44. The molecule has 3 nitrogen and oxygen atoms in total. The van der Waals surface area contributed by atoms with Crippen molar-refractivity contribution in [1.82, 2.24) is 0 Å². The van der Waals surface area contributed by atoms with Crippen LogP contribution in [0.25, 0.3) is 0 Å². The third kappa shape index (κ3) is 2.80. The second kappa shape index (κ2) is 4.55. The molecule has 0 spiro atoms. The zero-order valence-electron chi connectivity index (χ0n) is 7.93. The molecule has 0 amide bonds. The van der Waals surface area contributed by atoms with Gasteiger partial charge < -0.3 is 14.6 Å². The molecule has 1 heterocycles. The minimum absolute atomic E-state index is 0.00535. The van der Waals surface area contributed by atoms with Gasteiger partial charge in [-0.25, -0.2) is 0 Å². The lowest BCUT2D eigenvalue weighted by atomic mass is 10.2. The Morgan fingerprint density at radius 1 is 1.43 bits per heavy atom. The summed E-state index contributed by atoms with van der Waals surface area (Å²) >= 11 is 0. The van der Waals surface area contributed by atoms with Crippen LogP contribution in [0.5, 0.6) is 0 Å². The highest BCUT2D eigenvalue weighted by Gasteiger charge is 2.31. The molecule has 1 aliphatic heterocycles. The lowest BCUT2D eigenvalue weighted by Crippen LogP contribution is -2.21. The van der Waals surface area contributed by atoms with E-state index in [0.29, 0.717) is 19.8 Å².